The molecule has 0 aliphatic heterocycles. The van der Waals surface area contributed by atoms with Gasteiger partial charge in [0, 0.05) is 12.6 Å². The summed E-state index contributed by atoms with van der Waals surface area (Å²) < 4.78 is 40.9. The van der Waals surface area contributed by atoms with E-state index in [1.54, 1.807) is 0 Å². The first kappa shape index (κ1) is 18.6. The van der Waals surface area contributed by atoms with Crippen LogP contribution < -0.4 is 4.72 Å². The minimum absolute atomic E-state index is 0.141. The molecule has 2 aromatic carbocycles. The summed E-state index contributed by atoms with van der Waals surface area (Å²) in [5.41, 5.74) is 2.23. The molecule has 0 aliphatic carbocycles. The second kappa shape index (κ2) is 7.88. The van der Waals surface area contributed by atoms with E-state index in [0.717, 1.165) is 18.1 Å². The van der Waals surface area contributed by atoms with Gasteiger partial charge in [-0.2, -0.15) is 0 Å². The topological polar surface area (TPSA) is 49.4 Å². The van der Waals surface area contributed by atoms with Crippen LogP contribution in [0.4, 0.5) is 4.39 Å². The van der Waals surface area contributed by atoms with E-state index in [1.165, 1.54) is 23.8 Å². The molecule has 0 heterocycles. The molecule has 0 aromatic heterocycles. The lowest BCUT2D eigenvalue weighted by Gasteiger charge is -2.25. The van der Waals surface area contributed by atoms with Gasteiger partial charge in [0.2, 0.25) is 10.0 Å². The van der Waals surface area contributed by atoms with Crippen molar-refractivity contribution < 1.29 is 12.8 Å². The fourth-order valence-electron chi connectivity index (χ4n) is 2.50. The van der Waals surface area contributed by atoms with Gasteiger partial charge in [-0.1, -0.05) is 43.3 Å². The number of halogens is 1. The van der Waals surface area contributed by atoms with Crippen LogP contribution in [0.3, 0.4) is 0 Å². The first-order chi connectivity index (χ1) is 11.3. The Kier molecular flexibility index (Phi) is 6.10. The van der Waals surface area contributed by atoms with Crippen molar-refractivity contribution in [2.24, 2.45) is 0 Å². The summed E-state index contributed by atoms with van der Waals surface area (Å²) in [7, 11) is -0.123. The average molecular weight is 350 g/mol. The van der Waals surface area contributed by atoms with Gasteiger partial charge in [-0.25, -0.2) is 17.5 Å². The SMILES string of the molecule is CCc1ccc(C(CNS(=O)(=O)c2ccccc2F)N(C)C)cc1. The smallest absolute Gasteiger partial charge is 0.243 e. The van der Waals surface area contributed by atoms with Crippen molar-refractivity contribution in [3.63, 3.8) is 0 Å². The van der Waals surface area contributed by atoms with Crippen molar-refractivity contribution in [3.05, 3.63) is 65.5 Å². The Hall–Kier alpha value is -1.76. The van der Waals surface area contributed by atoms with E-state index in [9.17, 15) is 12.8 Å². The number of hydrogen-bond donors (Lipinski definition) is 1. The van der Waals surface area contributed by atoms with Gasteiger partial charge in [-0.05, 0) is 43.8 Å². The summed E-state index contributed by atoms with van der Waals surface area (Å²) in [6.07, 6.45) is 0.951. The Morgan fingerprint density at radius 1 is 1.08 bits per heavy atom. The maximum absolute atomic E-state index is 13.7. The maximum Gasteiger partial charge on any atom is 0.243 e. The number of rotatable bonds is 7. The van der Waals surface area contributed by atoms with Crippen LogP contribution in [0.2, 0.25) is 0 Å². The van der Waals surface area contributed by atoms with Crippen molar-refractivity contribution in [2.75, 3.05) is 20.6 Å². The lowest BCUT2D eigenvalue weighted by Crippen LogP contribution is -2.34. The Balaban J connectivity index is 2.18. The highest BCUT2D eigenvalue weighted by atomic mass is 32.2. The van der Waals surface area contributed by atoms with Crippen molar-refractivity contribution in [1.29, 1.82) is 0 Å². The summed E-state index contributed by atoms with van der Waals surface area (Å²) in [4.78, 5) is 1.61. The second-order valence-corrected chi connectivity index (χ2v) is 7.59. The quantitative estimate of drug-likeness (QED) is 0.835. The number of hydrogen-bond acceptors (Lipinski definition) is 3. The summed E-state index contributed by atoms with van der Waals surface area (Å²) in [6, 6.07) is 13.3. The normalized spacial score (nSPS) is 13.2. The molecular formula is C18H23FN2O2S. The van der Waals surface area contributed by atoms with Crippen LogP contribution in [-0.4, -0.2) is 34.0 Å². The van der Waals surface area contributed by atoms with Gasteiger partial charge in [-0.15, -0.1) is 0 Å². The lowest BCUT2D eigenvalue weighted by atomic mass is 10.0. The third-order valence-electron chi connectivity index (χ3n) is 3.99. The third kappa shape index (κ3) is 4.41. The molecule has 2 aromatic rings. The predicted molar refractivity (Wildman–Crippen MR) is 93.8 cm³/mol. The third-order valence-corrected chi connectivity index (χ3v) is 5.45. The molecule has 0 radical (unpaired) electrons. The molecule has 0 amide bonds. The Morgan fingerprint density at radius 2 is 1.71 bits per heavy atom. The zero-order valence-corrected chi connectivity index (χ0v) is 15.0. The van der Waals surface area contributed by atoms with Crippen LogP contribution in [0.15, 0.2) is 53.4 Å². The number of nitrogens with zero attached hydrogens (tertiary/aromatic N) is 1. The molecule has 4 nitrogen and oxygen atoms in total. The Labute approximate surface area is 143 Å². The molecule has 0 aliphatic rings. The van der Waals surface area contributed by atoms with E-state index in [-0.39, 0.29) is 17.5 Å². The van der Waals surface area contributed by atoms with E-state index in [0.29, 0.717) is 0 Å². The van der Waals surface area contributed by atoms with Gasteiger partial charge < -0.3 is 4.90 Å². The second-order valence-electron chi connectivity index (χ2n) is 5.86. The molecular weight excluding hydrogens is 327 g/mol. The molecule has 0 spiro atoms. The van der Waals surface area contributed by atoms with E-state index in [4.69, 9.17) is 0 Å². The molecule has 24 heavy (non-hydrogen) atoms. The van der Waals surface area contributed by atoms with Gasteiger partial charge in [0.1, 0.15) is 10.7 Å². The summed E-state index contributed by atoms with van der Waals surface area (Å²) >= 11 is 0. The number of sulfonamides is 1. The van der Waals surface area contributed by atoms with Gasteiger partial charge in [0.15, 0.2) is 0 Å². The standard InChI is InChI=1S/C18H23FN2O2S/c1-4-14-9-11-15(12-10-14)17(21(2)3)13-20-24(22,23)18-8-6-5-7-16(18)19/h5-12,17,20H,4,13H2,1-3H3. The zero-order valence-electron chi connectivity index (χ0n) is 14.2. The van der Waals surface area contributed by atoms with Crippen molar-refractivity contribution in [1.82, 2.24) is 9.62 Å². The van der Waals surface area contributed by atoms with Crippen molar-refractivity contribution in [2.45, 2.75) is 24.3 Å². The van der Waals surface area contributed by atoms with Crippen molar-refractivity contribution >= 4 is 10.0 Å². The lowest BCUT2D eigenvalue weighted by molar-refractivity contribution is 0.299. The zero-order chi connectivity index (χ0) is 17.7. The van der Waals surface area contributed by atoms with E-state index in [1.807, 2.05) is 43.3 Å². The first-order valence-electron chi connectivity index (χ1n) is 7.84. The number of aryl methyl sites for hydroxylation is 1. The van der Waals surface area contributed by atoms with Gasteiger partial charge in [-0.3, -0.25) is 0 Å². The van der Waals surface area contributed by atoms with Gasteiger partial charge >= 0.3 is 0 Å². The summed E-state index contributed by atoms with van der Waals surface area (Å²) in [6.45, 7) is 2.25. The maximum atomic E-state index is 13.7. The molecule has 2 rings (SSSR count). The van der Waals surface area contributed by atoms with Gasteiger partial charge in [0.25, 0.3) is 0 Å². The molecule has 0 saturated carbocycles. The molecule has 0 bridgehead atoms. The largest absolute Gasteiger partial charge is 0.301 e. The van der Waals surface area contributed by atoms with E-state index in [2.05, 4.69) is 11.6 Å². The number of likely N-dealkylation sites (N-methyl/N-ethyl adjacent to an activating group) is 1. The molecule has 1 atom stereocenters. The molecule has 130 valence electrons. The molecule has 1 N–H and O–H groups in total. The number of nitrogens with one attached hydrogen (secondary N) is 1. The predicted octanol–water partition coefficient (Wildman–Crippen LogP) is 2.97. The number of benzene rings is 2. The monoisotopic (exact) mass is 350 g/mol. The molecule has 0 fully saturated rings. The fraction of sp³-hybridized carbons (Fsp3) is 0.333. The fourth-order valence-corrected chi connectivity index (χ4v) is 3.62. The Bertz CT molecular complexity index is 774. The summed E-state index contributed by atoms with van der Waals surface area (Å²) in [5.74, 6) is -0.751. The molecule has 6 heteroatoms. The van der Waals surface area contributed by atoms with E-state index < -0.39 is 15.8 Å². The van der Waals surface area contributed by atoms with Crippen molar-refractivity contribution in [3.8, 4) is 0 Å². The minimum Gasteiger partial charge on any atom is -0.301 e. The van der Waals surface area contributed by atoms with Crippen LogP contribution in [0, 0.1) is 5.82 Å². The average Bonchev–Trinajstić information content (AvgIpc) is 2.55. The highest BCUT2D eigenvalue weighted by molar-refractivity contribution is 7.89. The van der Waals surface area contributed by atoms with E-state index >= 15 is 0 Å². The highest BCUT2D eigenvalue weighted by Gasteiger charge is 2.22. The summed E-state index contributed by atoms with van der Waals surface area (Å²) in [5, 5.41) is 0. The molecule has 1 unspecified atom stereocenters. The van der Waals surface area contributed by atoms with Gasteiger partial charge in [0.05, 0.1) is 0 Å². The van der Waals surface area contributed by atoms with Crippen LogP contribution >= 0.6 is 0 Å². The minimum atomic E-state index is -3.89. The van der Waals surface area contributed by atoms with Crippen LogP contribution in [0.5, 0.6) is 0 Å². The molecule has 0 saturated heterocycles. The Morgan fingerprint density at radius 3 is 2.25 bits per heavy atom. The first-order valence-corrected chi connectivity index (χ1v) is 9.33. The van der Waals surface area contributed by atoms with Crippen LogP contribution in [0.25, 0.3) is 0 Å². The highest BCUT2D eigenvalue weighted by Crippen LogP contribution is 2.20. The van der Waals surface area contributed by atoms with Crippen LogP contribution in [-0.2, 0) is 16.4 Å². The van der Waals surface area contributed by atoms with Crippen LogP contribution in [0.1, 0.15) is 24.1 Å².